The number of fused-ring (bicyclic) bond motifs is 3. The van der Waals surface area contributed by atoms with Gasteiger partial charge < -0.3 is 20.5 Å². The zero-order chi connectivity index (χ0) is 21.5. The van der Waals surface area contributed by atoms with Crippen LogP contribution in [0.25, 0.3) is 11.1 Å². The molecule has 8 heteroatoms. The quantitative estimate of drug-likeness (QED) is 0.419. The van der Waals surface area contributed by atoms with Crippen molar-refractivity contribution in [3.8, 4) is 11.1 Å². The first kappa shape index (κ1) is 21.7. The molecule has 2 amide bonds. The maximum atomic E-state index is 12.3. The monoisotopic (exact) mass is 428 g/mol. The van der Waals surface area contributed by atoms with E-state index in [0.29, 0.717) is 11.6 Å². The number of hydrogen-bond acceptors (Lipinski definition) is 5. The Morgan fingerprint density at radius 1 is 1.07 bits per heavy atom. The van der Waals surface area contributed by atoms with E-state index in [0.717, 1.165) is 22.3 Å². The summed E-state index contributed by atoms with van der Waals surface area (Å²) in [4.78, 5) is 34.5. The summed E-state index contributed by atoms with van der Waals surface area (Å²) in [6.45, 7) is 1.54. The van der Waals surface area contributed by atoms with Crippen molar-refractivity contribution in [3.05, 3.63) is 59.7 Å². The van der Waals surface area contributed by atoms with Gasteiger partial charge in [-0.25, -0.2) is 9.59 Å². The van der Waals surface area contributed by atoms with Gasteiger partial charge in [-0.2, -0.15) is 0 Å². The van der Waals surface area contributed by atoms with Crippen molar-refractivity contribution in [3.63, 3.8) is 0 Å². The number of amides is 2. The number of ether oxygens (including phenoxy) is 1. The molecule has 7 nitrogen and oxygen atoms in total. The van der Waals surface area contributed by atoms with Gasteiger partial charge in [0.1, 0.15) is 12.6 Å². The SMILES string of the molecule is CC(=O)NCSCC[C@H](NC(=O)OCC1c2ccccc2-c2ccccc21)C(=O)O. The molecule has 3 N–H and O–H groups in total. The summed E-state index contributed by atoms with van der Waals surface area (Å²) in [6, 6.07) is 15.0. The lowest BCUT2D eigenvalue weighted by atomic mass is 9.98. The van der Waals surface area contributed by atoms with E-state index in [1.807, 2.05) is 48.5 Å². The second-order valence-corrected chi connectivity index (χ2v) is 8.04. The zero-order valence-corrected chi connectivity index (χ0v) is 17.4. The second-order valence-electron chi connectivity index (χ2n) is 6.93. The summed E-state index contributed by atoms with van der Waals surface area (Å²) in [5, 5.41) is 14.4. The van der Waals surface area contributed by atoms with Gasteiger partial charge in [-0.1, -0.05) is 48.5 Å². The van der Waals surface area contributed by atoms with Gasteiger partial charge in [0.25, 0.3) is 0 Å². The lowest BCUT2D eigenvalue weighted by molar-refractivity contribution is -0.139. The maximum Gasteiger partial charge on any atom is 0.407 e. The number of carboxylic acid groups (broad SMARTS) is 1. The van der Waals surface area contributed by atoms with Crippen LogP contribution in [0, 0.1) is 0 Å². The van der Waals surface area contributed by atoms with Crippen LogP contribution in [0.1, 0.15) is 30.4 Å². The Morgan fingerprint density at radius 3 is 2.23 bits per heavy atom. The number of carbonyl (C=O) groups is 3. The molecule has 2 aromatic carbocycles. The van der Waals surface area contributed by atoms with Gasteiger partial charge in [-0.3, -0.25) is 4.79 Å². The summed E-state index contributed by atoms with van der Waals surface area (Å²) in [5.41, 5.74) is 4.44. The zero-order valence-electron chi connectivity index (χ0n) is 16.6. The van der Waals surface area contributed by atoms with E-state index in [1.54, 1.807) is 0 Å². The number of alkyl carbamates (subject to hydrolysis) is 1. The first-order valence-corrected chi connectivity index (χ1v) is 10.8. The highest BCUT2D eigenvalue weighted by Crippen LogP contribution is 2.44. The topological polar surface area (TPSA) is 105 Å². The van der Waals surface area contributed by atoms with Crippen molar-refractivity contribution in [2.45, 2.75) is 25.3 Å². The average molecular weight is 429 g/mol. The van der Waals surface area contributed by atoms with Gasteiger partial charge in [-0.05, 0) is 34.4 Å². The Hall–Kier alpha value is -3.00. The van der Waals surface area contributed by atoms with E-state index >= 15 is 0 Å². The molecule has 2 aromatic rings. The molecule has 0 radical (unpaired) electrons. The van der Waals surface area contributed by atoms with Crippen molar-refractivity contribution in [2.75, 3.05) is 18.2 Å². The average Bonchev–Trinajstić information content (AvgIpc) is 3.04. The second kappa shape index (κ2) is 10.2. The van der Waals surface area contributed by atoms with Gasteiger partial charge in [0.15, 0.2) is 0 Å². The van der Waals surface area contributed by atoms with E-state index in [4.69, 9.17) is 4.74 Å². The number of thioether (sulfide) groups is 1. The minimum Gasteiger partial charge on any atom is -0.480 e. The van der Waals surface area contributed by atoms with Crippen LogP contribution >= 0.6 is 11.8 Å². The van der Waals surface area contributed by atoms with E-state index in [2.05, 4.69) is 10.6 Å². The summed E-state index contributed by atoms with van der Waals surface area (Å²) >= 11 is 1.39. The molecule has 0 spiro atoms. The van der Waals surface area contributed by atoms with Crippen molar-refractivity contribution in [1.82, 2.24) is 10.6 Å². The van der Waals surface area contributed by atoms with Crippen LogP contribution in [0.2, 0.25) is 0 Å². The number of rotatable bonds is 9. The van der Waals surface area contributed by atoms with Crippen LogP contribution in [-0.4, -0.2) is 47.4 Å². The molecule has 158 valence electrons. The fraction of sp³-hybridized carbons (Fsp3) is 0.318. The van der Waals surface area contributed by atoms with Crippen molar-refractivity contribution in [2.24, 2.45) is 0 Å². The van der Waals surface area contributed by atoms with Gasteiger partial charge in [0.2, 0.25) is 5.91 Å². The number of aliphatic carboxylic acids is 1. The fourth-order valence-corrected chi connectivity index (χ4v) is 4.32. The number of carbonyl (C=O) groups excluding carboxylic acids is 2. The Morgan fingerprint density at radius 2 is 1.67 bits per heavy atom. The smallest absolute Gasteiger partial charge is 0.407 e. The normalized spacial score (nSPS) is 13.1. The van der Waals surface area contributed by atoms with Crippen molar-refractivity contribution in [1.29, 1.82) is 0 Å². The van der Waals surface area contributed by atoms with Crippen LogP contribution in [-0.2, 0) is 14.3 Å². The maximum absolute atomic E-state index is 12.3. The van der Waals surface area contributed by atoms with E-state index < -0.39 is 18.1 Å². The molecule has 0 aromatic heterocycles. The van der Waals surface area contributed by atoms with E-state index in [-0.39, 0.29) is 24.9 Å². The fourth-order valence-electron chi connectivity index (χ4n) is 3.47. The molecule has 1 aliphatic rings. The van der Waals surface area contributed by atoms with Gasteiger partial charge in [0.05, 0.1) is 5.88 Å². The molecule has 3 rings (SSSR count). The van der Waals surface area contributed by atoms with Crippen molar-refractivity contribution < 1.29 is 24.2 Å². The first-order valence-electron chi connectivity index (χ1n) is 9.64. The summed E-state index contributed by atoms with van der Waals surface area (Å²) in [6.07, 6.45) is -0.528. The van der Waals surface area contributed by atoms with Gasteiger partial charge in [0, 0.05) is 12.8 Å². The van der Waals surface area contributed by atoms with Crippen LogP contribution in [0.5, 0.6) is 0 Å². The molecule has 0 unspecified atom stereocenters. The van der Waals surface area contributed by atoms with E-state index in [9.17, 15) is 19.5 Å². The molecule has 1 atom stereocenters. The number of nitrogens with one attached hydrogen (secondary N) is 2. The predicted molar refractivity (Wildman–Crippen MR) is 115 cm³/mol. The summed E-state index contributed by atoms with van der Waals surface area (Å²) in [5.74, 6) is -0.481. The molecule has 1 aliphatic carbocycles. The molecule has 0 saturated carbocycles. The van der Waals surface area contributed by atoms with Crippen LogP contribution in [0.4, 0.5) is 4.79 Å². The van der Waals surface area contributed by atoms with Crippen LogP contribution in [0.3, 0.4) is 0 Å². The van der Waals surface area contributed by atoms with Gasteiger partial charge >= 0.3 is 12.1 Å². The highest BCUT2D eigenvalue weighted by Gasteiger charge is 2.29. The first-order chi connectivity index (χ1) is 14.5. The summed E-state index contributed by atoms with van der Waals surface area (Å²) in [7, 11) is 0. The lowest BCUT2D eigenvalue weighted by Crippen LogP contribution is -2.41. The molecular formula is C22H24N2O5S. The summed E-state index contributed by atoms with van der Waals surface area (Å²) < 4.78 is 5.40. The third-order valence-electron chi connectivity index (χ3n) is 4.91. The molecule has 0 bridgehead atoms. The lowest BCUT2D eigenvalue weighted by Gasteiger charge is -2.17. The van der Waals surface area contributed by atoms with Crippen molar-refractivity contribution >= 4 is 29.7 Å². The largest absolute Gasteiger partial charge is 0.480 e. The molecule has 0 heterocycles. The molecule has 0 aliphatic heterocycles. The Labute approximate surface area is 179 Å². The number of carboxylic acids is 1. The minimum absolute atomic E-state index is 0.0837. The Balaban J connectivity index is 1.54. The van der Waals surface area contributed by atoms with E-state index in [1.165, 1.54) is 18.7 Å². The highest BCUT2D eigenvalue weighted by molar-refractivity contribution is 7.99. The number of hydrogen-bond donors (Lipinski definition) is 3. The Bertz CT molecular complexity index is 888. The Kier molecular flexibility index (Phi) is 7.35. The number of benzene rings is 2. The van der Waals surface area contributed by atoms with Crippen LogP contribution < -0.4 is 10.6 Å². The van der Waals surface area contributed by atoms with Crippen LogP contribution in [0.15, 0.2) is 48.5 Å². The third kappa shape index (κ3) is 5.33. The minimum atomic E-state index is -1.12. The molecule has 0 fully saturated rings. The van der Waals surface area contributed by atoms with Gasteiger partial charge in [-0.15, -0.1) is 11.8 Å². The molecule has 0 saturated heterocycles. The predicted octanol–water partition coefficient (Wildman–Crippen LogP) is 3.20. The standard InChI is InChI=1S/C22H24N2O5S/c1-14(25)23-13-30-11-10-20(21(26)27)24-22(28)29-12-19-17-8-4-2-6-15(17)16-7-3-5-9-18(16)19/h2-9,19-20H,10-13H2,1H3,(H,23,25)(H,24,28)(H,26,27)/t20-/m0/s1. The third-order valence-corrected chi connectivity index (χ3v) is 5.78. The molecular weight excluding hydrogens is 404 g/mol. The highest BCUT2D eigenvalue weighted by atomic mass is 32.2. The molecule has 30 heavy (non-hydrogen) atoms.